The molecule has 0 aliphatic carbocycles. The highest BCUT2D eigenvalue weighted by molar-refractivity contribution is 5.76. The first-order chi connectivity index (χ1) is 30.3. The number of allylic oxidation sites excluding steroid dienone is 3. The van der Waals surface area contributed by atoms with Crippen LogP contribution in [-0.4, -0.2) is 87.5 Å². The maximum atomic E-state index is 13.0. The lowest BCUT2D eigenvalue weighted by atomic mass is 9.99. The summed E-state index contributed by atoms with van der Waals surface area (Å²) >= 11 is 0. The maximum Gasteiger partial charge on any atom is 0.220 e. The number of nitrogens with one attached hydrogen (secondary N) is 1. The normalized spacial score (nSPS) is 20.4. The summed E-state index contributed by atoms with van der Waals surface area (Å²) in [6, 6.07) is -0.817. The van der Waals surface area contributed by atoms with Crippen molar-refractivity contribution in [2.75, 3.05) is 13.2 Å². The van der Waals surface area contributed by atoms with Gasteiger partial charge in [0.15, 0.2) is 6.29 Å². The van der Waals surface area contributed by atoms with E-state index in [4.69, 9.17) is 9.47 Å². The largest absolute Gasteiger partial charge is 0.394 e. The van der Waals surface area contributed by atoms with Crippen molar-refractivity contribution in [3.05, 3.63) is 24.3 Å². The number of unbranched alkanes of at least 4 members (excludes halogenated alkanes) is 33. The van der Waals surface area contributed by atoms with Crippen molar-refractivity contribution in [2.24, 2.45) is 0 Å². The molecule has 7 unspecified atom stereocenters. The van der Waals surface area contributed by atoms with Crippen molar-refractivity contribution >= 4 is 5.91 Å². The van der Waals surface area contributed by atoms with Crippen LogP contribution in [0.3, 0.4) is 0 Å². The van der Waals surface area contributed by atoms with Gasteiger partial charge >= 0.3 is 0 Å². The van der Waals surface area contributed by atoms with Gasteiger partial charge in [-0.15, -0.1) is 0 Å². The predicted molar refractivity (Wildman–Crippen MR) is 258 cm³/mol. The number of ether oxygens (including phenoxy) is 2. The van der Waals surface area contributed by atoms with Crippen LogP contribution in [0.25, 0.3) is 0 Å². The molecule has 1 heterocycles. The van der Waals surface area contributed by atoms with Gasteiger partial charge in [-0.3, -0.25) is 4.79 Å². The first kappa shape index (κ1) is 58.7. The SMILES string of the molecule is CCCCCCCCCC/C=C/CC/C=C/C(O)C(COC1OC(CO)C(O)C(O)C1O)NC(=O)CCCCCCCCCCCCCCCCCCCCCCCCCCC. The Balaban J connectivity index is 2.22. The smallest absolute Gasteiger partial charge is 0.220 e. The molecule has 366 valence electrons. The molecule has 0 aromatic heterocycles. The Morgan fingerprint density at radius 3 is 1.35 bits per heavy atom. The van der Waals surface area contributed by atoms with Crippen LogP contribution in [0.15, 0.2) is 24.3 Å². The number of hydrogen-bond donors (Lipinski definition) is 6. The molecule has 0 saturated carbocycles. The Morgan fingerprint density at radius 2 is 0.919 bits per heavy atom. The molecule has 1 fully saturated rings. The number of aliphatic hydroxyl groups excluding tert-OH is 5. The molecule has 7 atom stereocenters. The minimum atomic E-state index is -1.57. The van der Waals surface area contributed by atoms with Gasteiger partial charge in [-0.25, -0.2) is 0 Å². The lowest BCUT2D eigenvalue weighted by molar-refractivity contribution is -0.302. The molecule has 0 spiro atoms. The van der Waals surface area contributed by atoms with Crippen molar-refractivity contribution in [3.8, 4) is 0 Å². The predicted octanol–water partition coefficient (Wildman–Crippen LogP) is 12.2. The van der Waals surface area contributed by atoms with E-state index in [1.165, 1.54) is 193 Å². The Kier molecular flexibility index (Phi) is 41.2. The van der Waals surface area contributed by atoms with Crippen molar-refractivity contribution in [1.82, 2.24) is 5.32 Å². The van der Waals surface area contributed by atoms with Crippen molar-refractivity contribution < 1.29 is 39.8 Å². The van der Waals surface area contributed by atoms with Crippen LogP contribution in [0.4, 0.5) is 0 Å². The third kappa shape index (κ3) is 33.2. The highest BCUT2D eigenvalue weighted by Gasteiger charge is 2.44. The van der Waals surface area contributed by atoms with Crippen molar-refractivity contribution in [2.45, 2.75) is 294 Å². The van der Waals surface area contributed by atoms with E-state index in [2.05, 4.69) is 31.3 Å². The first-order valence-electron chi connectivity index (χ1n) is 26.6. The lowest BCUT2D eigenvalue weighted by Gasteiger charge is -2.40. The summed E-state index contributed by atoms with van der Waals surface area (Å²) in [6.07, 6.45) is 46.7. The number of rotatable bonds is 45. The average molecular weight is 880 g/mol. The Labute approximate surface area is 381 Å². The molecular formula is C53H101NO8. The monoisotopic (exact) mass is 880 g/mol. The van der Waals surface area contributed by atoms with E-state index in [0.717, 1.165) is 38.5 Å². The molecule has 1 aliphatic heterocycles. The van der Waals surface area contributed by atoms with Gasteiger partial charge in [0.25, 0.3) is 0 Å². The topological polar surface area (TPSA) is 149 Å². The fourth-order valence-corrected chi connectivity index (χ4v) is 8.53. The molecule has 9 nitrogen and oxygen atoms in total. The van der Waals surface area contributed by atoms with Crippen LogP contribution in [0.5, 0.6) is 0 Å². The van der Waals surface area contributed by atoms with E-state index in [0.29, 0.717) is 6.42 Å². The molecule has 0 radical (unpaired) electrons. The van der Waals surface area contributed by atoms with E-state index >= 15 is 0 Å². The highest BCUT2D eigenvalue weighted by Crippen LogP contribution is 2.23. The van der Waals surface area contributed by atoms with E-state index < -0.39 is 49.5 Å². The summed E-state index contributed by atoms with van der Waals surface area (Å²) < 4.78 is 11.2. The zero-order chi connectivity index (χ0) is 45.1. The number of carbonyl (C=O) groups excluding carboxylic acids is 1. The summed E-state index contributed by atoms with van der Waals surface area (Å²) in [6.45, 7) is 3.77. The Hall–Kier alpha value is -1.33. The van der Waals surface area contributed by atoms with Crippen LogP contribution < -0.4 is 5.32 Å². The van der Waals surface area contributed by atoms with Crippen molar-refractivity contribution in [3.63, 3.8) is 0 Å². The van der Waals surface area contributed by atoms with E-state index in [1.807, 2.05) is 6.08 Å². The minimum absolute atomic E-state index is 0.183. The number of hydrogen-bond acceptors (Lipinski definition) is 8. The third-order valence-corrected chi connectivity index (χ3v) is 12.8. The van der Waals surface area contributed by atoms with Gasteiger partial charge in [0.1, 0.15) is 24.4 Å². The number of carbonyl (C=O) groups is 1. The molecule has 1 rings (SSSR count). The number of aliphatic hydroxyl groups is 5. The van der Waals surface area contributed by atoms with Gasteiger partial charge in [-0.2, -0.15) is 0 Å². The van der Waals surface area contributed by atoms with Crippen LogP contribution in [0.2, 0.25) is 0 Å². The van der Waals surface area contributed by atoms with Gasteiger partial charge in [0.2, 0.25) is 5.91 Å². The van der Waals surface area contributed by atoms with Gasteiger partial charge < -0.3 is 40.3 Å². The standard InChI is InChI=1S/C53H101NO8/c1-3-5-7-9-11-13-15-17-19-20-21-22-23-24-25-26-27-28-29-31-33-35-37-39-41-43-49(57)54-46(45-61-53-52(60)51(59)50(58)48(44-55)62-53)47(56)42-40-38-36-34-32-30-18-16-14-12-10-8-6-4-2/h32,34,40,42,46-48,50-53,55-56,58-60H,3-31,33,35-39,41,43-45H2,1-2H3,(H,54,57)/b34-32+,42-40+. The molecule has 1 amide bonds. The molecule has 9 heteroatoms. The second-order valence-corrected chi connectivity index (χ2v) is 18.7. The quantitative estimate of drug-likeness (QED) is 0.0262. The summed E-state index contributed by atoms with van der Waals surface area (Å²) in [5, 5.41) is 54.3. The Morgan fingerprint density at radius 1 is 0.532 bits per heavy atom. The molecule has 62 heavy (non-hydrogen) atoms. The second kappa shape index (κ2) is 43.6. The molecule has 1 aliphatic rings. The molecular weight excluding hydrogens is 779 g/mol. The highest BCUT2D eigenvalue weighted by atomic mass is 16.7. The lowest BCUT2D eigenvalue weighted by Crippen LogP contribution is -2.60. The average Bonchev–Trinajstić information content (AvgIpc) is 3.27. The second-order valence-electron chi connectivity index (χ2n) is 18.7. The third-order valence-electron chi connectivity index (χ3n) is 12.8. The zero-order valence-corrected chi connectivity index (χ0v) is 40.4. The summed E-state index contributed by atoms with van der Waals surface area (Å²) in [5.41, 5.74) is 0. The van der Waals surface area contributed by atoms with Crippen LogP contribution in [-0.2, 0) is 14.3 Å². The maximum absolute atomic E-state index is 13.0. The summed E-state index contributed by atoms with van der Waals surface area (Å²) in [7, 11) is 0. The van der Waals surface area contributed by atoms with Crippen LogP contribution >= 0.6 is 0 Å². The van der Waals surface area contributed by atoms with Crippen molar-refractivity contribution in [1.29, 1.82) is 0 Å². The van der Waals surface area contributed by atoms with Gasteiger partial charge in [-0.05, 0) is 32.1 Å². The van der Waals surface area contributed by atoms with Crippen LogP contribution in [0, 0.1) is 0 Å². The van der Waals surface area contributed by atoms with Gasteiger partial charge in [0, 0.05) is 6.42 Å². The first-order valence-corrected chi connectivity index (χ1v) is 26.6. The minimum Gasteiger partial charge on any atom is -0.394 e. The summed E-state index contributed by atoms with van der Waals surface area (Å²) in [5.74, 6) is -0.183. The zero-order valence-electron chi connectivity index (χ0n) is 40.4. The van der Waals surface area contributed by atoms with E-state index in [-0.39, 0.29) is 12.5 Å². The molecule has 1 saturated heterocycles. The van der Waals surface area contributed by atoms with Gasteiger partial charge in [0.05, 0.1) is 25.4 Å². The summed E-state index contributed by atoms with van der Waals surface area (Å²) in [4.78, 5) is 13.0. The van der Waals surface area contributed by atoms with Gasteiger partial charge in [-0.1, -0.05) is 237 Å². The number of amides is 1. The van der Waals surface area contributed by atoms with E-state index in [9.17, 15) is 30.3 Å². The molecule has 0 aromatic carbocycles. The van der Waals surface area contributed by atoms with E-state index in [1.54, 1.807) is 6.08 Å². The molecule has 0 bridgehead atoms. The van der Waals surface area contributed by atoms with Crippen LogP contribution in [0.1, 0.15) is 251 Å². The fraction of sp³-hybridized carbons (Fsp3) is 0.906. The molecule has 0 aromatic rings. The fourth-order valence-electron chi connectivity index (χ4n) is 8.53. The molecule has 6 N–H and O–H groups in total. The Bertz CT molecular complexity index is 1020.